The third-order valence-corrected chi connectivity index (χ3v) is 3.68. The first-order valence-electron chi connectivity index (χ1n) is 5.13. The number of aromatic nitrogens is 1. The normalized spacial score (nSPS) is 25.1. The van der Waals surface area contributed by atoms with E-state index in [2.05, 4.69) is 10.3 Å². The molecule has 1 aromatic rings. The monoisotopic (exact) mass is 238 g/mol. The van der Waals surface area contributed by atoms with Crippen molar-refractivity contribution in [1.29, 1.82) is 0 Å². The molecular weight excluding hydrogens is 224 g/mol. The van der Waals surface area contributed by atoms with Crippen LogP contribution in [0, 0.1) is 0 Å². The smallest absolute Gasteiger partial charge is 0.323 e. The van der Waals surface area contributed by atoms with Crippen LogP contribution in [-0.2, 0) is 9.53 Å². The minimum Gasteiger partial charge on any atom is -0.468 e. The summed E-state index contributed by atoms with van der Waals surface area (Å²) in [5.74, 6) is 1.53. The summed E-state index contributed by atoms with van der Waals surface area (Å²) in [7, 11) is 1.42. The average Bonchev–Trinajstić information content (AvgIpc) is 2.39. The lowest BCUT2D eigenvalue weighted by atomic mass is 10.1. The number of esters is 1. The van der Waals surface area contributed by atoms with Gasteiger partial charge in [-0.15, -0.1) is 0 Å². The van der Waals surface area contributed by atoms with E-state index in [1.165, 1.54) is 7.11 Å². The third kappa shape index (κ3) is 2.54. The predicted molar refractivity (Wildman–Crippen MR) is 63.2 cm³/mol. The molecule has 0 spiro atoms. The van der Waals surface area contributed by atoms with E-state index in [1.807, 2.05) is 18.3 Å². The molecule has 5 heteroatoms. The summed E-state index contributed by atoms with van der Waals surface area (Å²) in [6, 6.07) is 3.89. The second-order valence-electron chi connectivity index (χ2n) is 3.62. The number of carbonyl (C=O) groups excluding carboxylic acids is 1. The highest BCUT2D eigenvalue weighted by Gasteiger charge is 2.28. The van der Waals surface area contributed by atoms with Gasteiger partial charge in [0.25, 0.3) is 0 Å². The lowest BCUT2D eigenvalue weighted by molar-refractivity contribution is -0.142. The fourth-order valence-electron chi connectivity index (χ4n) is 1.70. The van der Waals surface area contributed by atoms with E-state index in [0.29, 0.717) is 0 Å². The maximum absolute atomic E-state index is 11.4. The fourth-order valence-corrected chi connectivity index (χ4v) is 2.82. The van der Waals surface area contributed by atoms with E-state index < -0.39 is 0 Å². The molecule has 0 unspecified atom stereocenters. The molecule has 2 heterocycles. The molecule has 2 rings (SSSR count). The van der Waals surface area contributed by atoms with Gasteiger partial charge in [-0.2, -0.15) is 11.8 Å². The van der Waals surface area contributed by atoms with Crippen molar-refractivity contribution in [1.82, 2.24) is 10.3 Å². The molecule has 0 amide bonds. The Morgan fingerprint density at radius 2 is 2.50 bits per heavy atom. The Hall–Kier alpha value is -1.07. The van der Waals surface area contributed by atoms with Crippen molar-refractivity contribution in [3.8, 4) is 0 Å². The van der Waals surface area contributed by atoms with Crippen LogP contribution in [-0.4, -0.2) is 35.6 Å². The van der Waals surface area contributed by atoms with E-state index in [9.17, 15) is 4.79 Å². The molecule has 16 heavy (non-hydrogen) atoms. The number of nitrogens with zero attached hydrogens (tertiary/aromatic N) is 1. The van der Waals surface area contributed by atoms with Gasteiger partial charge in [0.1, 0.15) is 6.04 Å². The maximum atomic E-state index is 11.4. The first-order valence-corrected chi connectivity index (χ1v) is 6.28. The number of rotatable bonds is 2. The van der Waals surface area contributed by atoms with Crippen LogP contribution in [0.15, 0.2) is 24.5 Å². The number of hydrogen-bond acceptors (Lipinski definition) is 5. The highest BCUT2D eigenvalue weighted by atomic mass is 32.2. The molecule has 86 valence electrons. The van der Waals surface area contributed by atoms with Crippen molar-refractivity contribution in [3.05, 3.63) is 30.1 Å². The van der Waals surface area contributed by atoms with Gasteiger partial charge >= 0.3 is 5.97 Å². The summed E-state index contributed by atoms with van der Waals surface area (Å²) in [6.07, 6.45) is 3.58. The van der Waals surface area contributed by atoms with E-state index in [-0.39, 0.29) is 18.1 Å². The van der Waals surface area contributed by atoms with Gasteiger partial charge in [-0.25, -0.2) is 0 Å². The fraction of sp³-hybridized carbons (Fsp3) is 0.455. The van der Waals surface area contributed by atoms with E-state index in [1.54, 1.807) is 18.0 Å². The Labute approximate surface area is 98.8 Å². The van der Waals surface area contributed by atoms with Gasteiger partial charge in [0, 0.05) is 29.9 Å². The topological polar surface area (TPSA) is 51.2 Å². The molecule has 0 aliphatic carbocycles. The Morgan fingerprint density at radius 3 is 3.19 bits per heavy atom. The number of thioether (sulfide) groups is 1. The molecule has 1 aliphatic rings. The molecule has 1 aromatic heterocycles. The molecule has 1 saturated heterocycles. The first-order chi connectivity index (χ1) is 7.81. The number of hydrogen-bond donors (Lipinski definition) is 1. The van der Waals surface area contributed by atoms with Crippen LogP contribution >= 0.6 is 11.8 Å². The molecule has 1 N–H and O–H groups in total. The zero-order valence-electron chi connectivity index (χ0n) is 9.05. The van der Waals surface area contributed by atoms with E-state index in [0.717, 1.165) is 17.1 Å². The minimum absolute atomic E-state index is 0.177. The summed E-state index contributed by atoms with van der Waals surface area (Å²) >= 11 is 1.76. The van der Waals surface area contributed by atoms with Crippen molar-refractivity contribution in [2.75, 3.05) is 18.6 Å². The van der Waals surface area contributed by atoms with Gasteiger partial charge in [-0.1, -0.05) is 6.07 Å². The van der Waals surface area contributed by atoms with Crippen LogP contribution in [0.25, 0.3) is 0 Å². The van der Waals surface area contributed by atoms with Gasteiger partial charge < -0.3 is 4.74 Å². The van der Waals surface area contributed by atoms with Crippen molar-refractivity contribution < 1.29 is 9.53 Å². The highest BCUT2D eigenvalue weighted by Crippen LogP contribution is 2.24. The predicted octanol–water partition coefficient (Wildman–Crippen LogP) is 1.00. The Balaban J connectivity index is 2.05. The first kappa shape index (κ1) is 11.4. The van der Waals surface area contributed by atoms with Gasteiger partial charge in [0.15, 0.2) is 0 Å². The number of methoxy groups -OCH3 is 1. The molecular formula is C11H14N2O2S. The van der Waals surface area contributed by atoms with Gasteiger partial charge in [-0.05, 0) is 11.6 Å². The van der Waals surface area contributed by atoms with Gasteiger partial charge in [-0.3, -0.25) is 15.1 Å². The van der Waals surface area contributed by atoms with Crippen LogP contribution in [0.3, 0.4) is 0 Å². The van der Waals surface area contributed by atoms with Crippen LogP contribution in [0.4, 0.5) is 0 Å². The van der Waals surface area contributed by atoms with E-state index >= 15 is 0 Å². The lowest BCUT2D eigenvalue weighted by Crippen LogP contribution is -2.45. The minimum atomic E-state index is -0.214. The van der Waals surface area contributed by atoms with Crippen LogP contribution in [0.1, 0.15) is 11.6 Å². The second-order valence-corrected chi connectivity index (χ2v) is 4.69. The zero-order valence-corrected chi connectivity index (χ0v) is 9.87. The largest absolute Gasteiger partial charge is 0.468 e. The summed E-state index contributed by atoms with van der Waals surface area (Å²) in [5.41, 5.74) is 1.11. The Morgan fingerprint density at radius 1 is 1.62 bits per heavy atom. The van der Waals surface area contributed by atoms with Crippen molar-refractivity contribution >= 4 is 17.7 Å². The second kappa shape index (κ2) is 5.32. The molecule has 0 bridgehead atoms. The summed E-state index contributed by atoms with van der Waals surface area (Å²) in [6.45, 7) is 0. The van der Waals surface area contributed by atoms with Crippen molar-refractivity contribution in [2.24, 2.45) is 0 Å². The molecule has 0 radical (unpaired) electrons. The summed E-state index contributed by atoms with van der Waals surface area (Å²) in [5, 5.41) is 3.29. The SMILES string of the molecule is COC(=O)[C@@H]1CSC[C@@H](c2cccnc2)N1. The molecule has 1 aliphatic heterocycles. The highest BCUT2D eigenvalue weighted by molar-refractivity contribution is 7.99. The van der Waals surface area contributed by atoms with E-state index in [4.69, 9.17) is 4.74 Å². The Bertz CT molecular complexity index is 358. The molecule has 4 nitrogen and oxygen atoms in total. The number of carbonyl (C=O) groups is 1. The van der Waals surface area contributed by atoms with Crippen LogP contribution < -0.4 is 5.32 Å². The van der Waals surface area contributed by atoms with Crippen molar-refractivity contribution in [3.63, 3.8) is 0 Å². The lowest BCUT2D eigenvalue weighted by Gasteiger charge is -2.29. The quantitative estimate of drug-likeness (QED) is 0.779. The number of ether oxygens (including phenoxy) is 1. The maximum Gasteiger partial charge on any atom is 0.323 e. The standard InChI is InChI=1S/C11H14N2O2S/c1-15-11(14)10-7-16-6-9(13-10)8-3-2-4-12-5-8/h2-5,9-10,13H,6-7H2,1H3/t9-,10-/m0/s1. The van der Waals surface area contributed by atoms with Gasteiger partial charge in [0.2, 0.25) is 0 Å². The third-order valence-electron chi connectivity index (χ3n) is 2.54. The molecule has 1 fully saturated rings. The Kier molecular flexibility index (Phi) is 3.79. The summed E-state index contributed by atoms with van der Waals surface area (Å²) in [4.78, 5) is 15.5. The molecule has 2 atom stereocenters. The zero-order chi connectivity index (χ0) is 11.4. The van der Waals surface area contributed by atoms with Crippen LogP contribution in [0.2, 0.25) is 0 Å². The summed E-state index contributed by atoms with van der Waals surface area (Å²) < 4.78 is 4.74. The van der Waals surface area contributed by atoms with Gasteiger partial charge in [0.05, 0.1) is 7.11 Å². The molecule has 0 aromatic carbocycles. The number of nitrogens with one attached hydrogen (secondary N) is 1. The number of pyridine rings is 1. The van der Waals surface area contributed by atoms with Crippen molar-refractivity contribution in [2.45, 2.75) is 12.1 Å². The average molecular weight is 238 g/mol. The van der Waals surface area contributed by atoms with Crippen LogP contribution in [0.5, 0.6) is 0 Å². The molecule has 0 saturated carbocycles.